The molecule has 0 bridgehead atoms. The number of nitrogens with zero attached hydrogens (tertiary/aromatic N) is 1. The Hall–Kier alpha value is -3.57. The first kappa shape index (κ1) is 18.5. The minimum absolute atomic E-state index is 0.0351. The molecule has 1 aromatic heterocycles. The van der Waals surface area contributed by atoms with Crippen molar-refractivity contribution in [3.05, 3.63) is 94.3 Å². The van der Waals surface area contributed by atoms with Crippen LogP contribution in [0.1, 0.15) is 11.1 Å². The van der Waals surface area contributed by atoms with E-state index in [1.165, 1.54) is 0 Å². The zero-order valence-corrected chi connectivity index (χ0v) is 16.6. The van der Waals surface area contributed by atoms with Gasteiger partial charge in [0.05, 0.1) is 23.6 Å². The molecular formula is C25H21NO4. The highest BCUT2D eigenvalue weighted by Crippen LogP contribution is 2.33. The van der Waals surface area contributed by atoms with Crippen LogP contribution in [0, 0.1) is 0 Å². The molecule has 0 unspecified atom stereocenters. The number of para-hydroxylation sites is 1. The predicted molar refractivity (Wildman–Crippen MR) is 116 cm³/mol. The van der Waals surface area contributed by atoms with Crippen LogP contribution in [0.3, 0.4) is 0 Å². The lowest BCUT2D eigenvalue weighted by Crippen LogP contribution is -2.32. The molecule has 0 saturated carbocycles. The summed E-state index contributed by atoms with van der Waals surface area (Å²) in [4.78, 5) is 15.3. The van der Waals surface area contributed by atoms with E-state index in [9.17, 15) is 4.79 Å². The molecule has 150 valence electrons. The fourth-order valence-corrected chi connectivity index (χ4v) is 3.95. The molecule has 0 atom stereocenters. The van der Waals surface area contributed by atoms with E-state index in [1.807, 2.05) is 60.7 Å². The van der Waals surface area contributed by atoms with E-state index >= 15 is 0 Å². The van der Waals surface area contributed by atoms with E-state index in [0.29, 0.717) is 36.4 Å². The standard InChI is InChI=1S/C25H21NO4/c1-28-22-10-6-5-9-18(22)13-26-14-20-23(30-16-26)12-11-19-24(27)21(15-29-25(19)20)17-7-3-2-4-8-17/h2-12,15H,13-14,16H2,1H3. The normalized spacial score (nSPS) is 13.6. The number of hydrogen-bond acceptors (Lipinski definition) is 5. The van der Waals surface area contributed by atoms with Gasteiger partial charge < -0.3 is 13.9 Å². The van der Waals surface area contributed by atoms with E-state index in [4.69, 9.17) is 13.9 Å². The monoisotopic (exact) mass is 399 g/mol. The van der Waals surface area contributed by atoms with Crippen LogP contribution in [0.2, 0.25) is 0 Å². The van der Waals surface area contributed by atoms with Crippen LogP contribution in [-0.2, 0) is 13.1 Å². The molecule has 5 heteroatoms. The topological polar surface area (TPSA) is 51.9 Å². The third-order valence-electron chi connectivity index (χ3n) is 5.46. The Bertz CT molecular complexity index is 1260. The number of rotatable bonds is 4. The van der Waals surface area contributed by atoms with Crippen molar-refractivity contribution in [2.75, 3.05) is 13.8 Å². The first-order valence-electron chi connectivity index (χ1n) is 9.84. The molecule has 0 N–H and O–H groups in total. The van der Waals surface area contributed by atoms with E-state index in [-0.39, 0.29) is 5.43 Å². The maximum atomic E-state index is 13.1. The molecule has 5 nitrogen and oxygen atoms in total. The largest absolute Gasteiger partial charge is 0.496 e. The summed E-state index contributed by atoms with van der Waals surface area (Å²) >= 11 is 0. The van der Waals surface area contributed by atoms with Gasteiger partial charge in [0.15, 0.2) is 0 Å². The van der Waals surface area contributed by atoms with Crippen molar-refractivity contribution in [3.63, 3.8) is 0 Å². The quantitative estimate of drug-likeness (QED) is 0.492. The maximum Gasteiger partial charge on any atom is 0.200 e. The van der Waals surface area contributed by atoms with Crippen LogP contribution >= 0.6 is 0 Å². The van der Waals surface area contributed by atoms with Crippen LogP contribution < -0.4 is 14.9 Å². The molecule has 2 heterocycles. The lowest BCUT2D eigenvalue weighted by molar-refractivity contribution is 0.0882. The summed E-state index contributed by atoms with van der Waals surface area (Å²) in [5.74, 6) is 1.61. The summed E-state index contributed by atoms with van der Waals surface area (Å²) in [6, 6.07) is 21.2. The molecule has 4 aromatic rings. The SMILES string of the molecule is COc1ccccc1CN1COc2ccc3c(=O)c(-c4ccccc4)coc3c2C1. The lowest BCUT2D eigenvalue weighted by atomic mass is 10.0. The Balaban J connectivity index is 1.52. The molecule has 0 aliphatic carbocycles. The van der Waals surface area contributed by atoms with Crippen molar-refractivity contribution in [2.24, 2.45) is 0 Å². The zero-order chi connectivity index (χ0) is 20.5. The Morgan fingerprint density at radius 1 is 1.00 bits per heavy atom. The van der Waals surface area contributed by atoms with Crippen molar-refractivity contribution in [1.82, 2.24) is 4.90 Å². The molecule has 5 rings (SSSR count). The van der Waals surface area contributed by atoms with Gasteiger partial charge >= 0.3 is 0 Å². The van der Waals surface area contributed by atoms with Gasteiger partial charge in [0.2, 0.25) is 5.43 Å². The second kappa shape index (κ2) is 7.69. The molecule has 1 aliphatic heterocycles. The summed E-state index contributed by atoms with van der Waals surface area (Å²) in [5, 5.41) is 0.567. The van der Waals surface area contributed by atoms with Gasteiger partial charge in [0.1, 0.15) is 30.1 Å². The zero-order valence-electron chi connectivity index (χ0n) is 16.6. The highest BCUT2D eigenvalue weighted by molar-refractivity contribution is 5.85. The highest BCUT2D eigenvalue weighted by Gasteiger charge is 2.23. The van der Waals surface area contributed by atoms with Crippen molar-refractivity contribution < 1.29 is 13.9 Å². The summed E-state index contributed by atoms with van der Waals surface area (Å²) < 4.78 is 17.4. The van der Waals surface area contributed by atoms with Gasteiger partial charge in [-0.25, -0.2) is 0 Å². The van der Waals surface area contributed by atoms with Crippen LogP contribution in [0.25, 0.3) is 22.1 Å². The lowest BCUT2D eigenvalue weighted by Gasteiger charge is -2.29. The Morgan fingerprint density at radius 2 is 1.80 bits per heavy atom. The minimum atomic E-state index is -0.0351. The van der Waals surface area contributed by atoms with E-state index in [0.717, 1.165) is 28.2 Å². The van der Waals surface area contributed by atoms with Gasteiger partial charge in [-0.15, -0.1) is 0 Å². The average molecular weight is 399 g/mol. The molecule has 0 saturated heterocycles. The smallest absolute Gasteiger partial charge is 0.200 e. The van der Waals surface area contributed by atoms with Gasteiger partial charge in [-0.2, -0.15) is 0 Å². The van der Waals surface area contributed by atoms with Crippen LogP contribution in [-0.4, -0.2) is 18.7 Å². The molecule has 0 fully saturated rings. The Kier molecular flexibility index (Phi) is 4.73. The van der Waals surface area contributed by atoms with Gasteiger partial charge in [-0.3, -0.25) is 9.69 Å². The van der Waals surface area contributed by atoms with Crippen molar-refractivity contribution in [2.45, 2.75) is 13.1 Å². The Morgan fingerprint density at radius 3 is 2.63 bits per heavy atom. The van der Waals surface area contributed by atoms with Crippen LogP contribution in [0.5, 0.6) is 11.5 Å². The fourth-order valence-electron chi connectivity index (χ4n) is 3.95. The Labute approximate surface area is 174 Å². The summed E-state index contributed by atoms with van der Waals surface area (Å²) in [5.41, 5.74) is 3.94. The maximum absolute atomic E-state index is 13.1. The summed E-state index contributed by atoms with van der Waals surface area (Å²) in [7, 11) is 1.67. The first-order valence-corrected chi connectivity index (χ1v) is 9.84. The second-order valence-electron chi connectivity index (χ2n) is 7.34. The third-order valence-corrected chi connectivity index (χ3v) is 5.46. The van der Waals surface area contributed by atoms with Gasteiger partial charge in [-0.05, 0) is 23.8 Å². The molecule has 0 amide bonds. The van der Waals surface area contributed by atoms with Gasteiger partial charge in [-0.1, -0.05) is 48.5 Å². The first-order chi connectivity index (χ1) is 14.7. The average Bonchev–Trinajstić information content (AvgIpc) is 2.80. The van der Waals surface area contributed by atoms with Gasteiger partial charge in [0, 0.05) is 18.7 Å². The second-order valence-corrected chi connectivity index (χ2v) is 7.34. The van der Waals surface area contributed by atoms with E-state index < -0.39 is 0 Å². The number of benzene rings is 3. The van der Waals surface area contributed by atoms with Gasteiger partial charge in [0.25, 0.3) is 0 Å². The molecule has 1 aliphatic rings. The number of ether oxygens (including phenoxy) is 2. The number of hydrogen-bond donors (Lipinski definition) is 0. The number of fused-ring (bicyclic) bond motifs is 3. The van der Waals surface area contributed by atoms with Crippen LogP contribution in [0.4, 0.5) is 0 Å². The van der Waals surface area contributed by atoms with E-state index in [2.05, 4.69) is 4.90 Å². The third kappa shape index (κ3) is 3.23. The van der Waals surface area contributed by atoms with E-state index in [1.54, 1.807) is 19.4 Å². The highest BCUT2D eigenvalue weighted by atomic mass is 16.5. The predicted octanol–water partition coefficient (Wildman–Crippen LogP) is 4.82. The molecule has 0 spiro atoms. The summed E-state index contributed by atoms with van der Waals surface area (Å²) in [6.07, 6.45) is 1.56. The van der Waals surface area contributed by atoms with Crippen LogP contribution in [0.15, 0.2) is 82.2 Å². The molecule has 0 radical (unpaired) electrons. The molecule has 3 aromatic carbocycles. The molecule has 30 heavy (non-hydrogen) atoms. The fraction of sp³-hybridized carbons (Fsp3) is 0.160. The minimum Gasteiger partial charge on any atom is -0.496 e. The molecular weight excluding hydrogens is 378 g/mol. The number of methoxy groups -OCH3 is 1. The van der Waals surface area contributed by atoms with Crippen molar-refractivity contribution in [3.8, 4) is 22.6 Å². The van der Waals surface area contributed by atoms with Crippen molar-refractivity contribution in [1.29, 1.82) is 0 Å². The summed E-state index contributed by atoms with van der Waals surface area (Å²) in [6.45, 7) is 1.76. The van der Waals surface area contributed by atoms with Crippen molar-refractivity contribution >= 4 is 11.0 Å².